The maximum absolute atomic E-state index is 11.6. The van der Waals surface area contributed by atoms with Crippen LogP contribution in [0.3, 0.4) is 0 Å². The number of esters is 1. The van der Waals surface area contributed by atoms with E-state index in [4.69, 9.17) is 9.47 Å². The summed E-state index contributed by atoms with van der Waals surface area (Å²) in [4.78, 5) is 20.5. The second-order valence-corrected chi connectivity index (χ2v) is 4.99. The molecule has 1 saturated heterocycles. The average molecular weight is 275 g/mol. The highest BCUT2D eigenvalue weighted by Crippen LogP contribution is 2.26. The Bertz CT molecular complexity index is 644. The number of nitrogens with zero attached hydrogens (tertiary/aromatic N) is 3. The van der Waals surface area contributed by atoms with Gasteiger partial charge in [0, 0.05) is 31.5 Å². The van der Waals surface area contributed by atoms with Gasteiger partial charge in [0.15, 0.2) is 11.3 Å². The standard InChI is InChI=1S/C14H17N3O3/c1-9-13-16-11(10-3-5-20-6-4-10)7-17(13)8-12(15-9)14(18)19-2/h7-8,10H,3-6H2,1-2H3. The number of carbonyl (C=O) groups is 1. The number of carbonyl (C=O) groups excluding carboxylic acids is 1. The molecule has 0 unspecified atom stereocenters. The van der Waals surface area contributed by atoms with E-state index >= 15 is 0 Å². The minimum atomic E-state index is -0.434. The third-order valence-electron chi connectivity index (χ3n) is 3.66. The number of rotatable bonds is 2. The van der Waals surface area contributed by atoms with Crippen molar-refractivity contribution in [3.05, 3.63) is 29.5 Å². The number of hydrogen-bond acceptors (Lipinski definition) is 5. The molecule has 0 aromatic carbocycles. The number of imidazole rings is 1. The summed E-state index contributed by atoms with van der Waals surface area (Å²) in [6.07, 6.45) is 5.62. The Kier molecular flexibility index (Phi) is 3.40. The molecule has 6 nitrogen and oxygen atoms in total. The van der Waals surface area contributed by atoms with Crippen molar-refractivity contribution in [3.8, 4) is 0 Å². The van der Waals surface area contributed by atoms with Gasteiger partial charge < -0.3 is 13.9 Å². The molecule has 3 heterocycles. The van der Waals surface area contributed by atoms with E-state index in [1.54, 1.807) is 6.20 Å². The maximum atomic E-state index is 11.6. The van der Waals surface area contributed by atoms with Crippen molar-refractivity contribution in [1.82, 2.24) is 14.4 Å². The molecule has 0 bridgehead atoms. The van der Waals surface area contributed by atoms with Gasteiger partial charge >= 0.3 is 5.97 Å². The molecule has 20 heavy (non-hydrogen) atoms. The summed E-state index contributed by atoms with van der Waals surface area (Å²) in [5.74, 6) is -0.0130. The predicted molar refractivity (Wildman–Crippen MR) is 71.9 cm³/mol. The summed E-state index contributed by atoms with van der Waals surface area (Å²) in [6.45, 7) is 3.41. The van der Waals surface area contributed by atoms with Gasteiger partial charge in [0.2, 0.25) is 0 Å². The van der Waals surface area contributed by atoms with E-state index in [9.17, 15) is 4.79 Å². The topological polar surface area (TPSA) is 65.7 Å². The molecular weight excluding hydrogens is 258 g/mol. The minimum absolute atomic E-state index is 0.299. The summed E-state index contributed by atoms with van der Waals surface area (Å²) >= 11 is 0. The van der Waals surface area contributed by atoms with Crippen LogP contribution in [0.25, 0.3) is 5.65 Å². The van der Waals surface area contributed by atoms with E-state index in [1.807, 2.05) is 17.5 Å². The lowest BCUT2D eigenvalue weighted by atomic mass is 9.97. The Hall–Kier alpha value is -1.95. The third kappa shape index (κ3) is 2.27. The Balaban J connectivity index is 2.01. The zero-order valence-corrected chi connectivity index (χ0v) is 11.6. The molecule has 1 aliphatic rings. The molecule has 2 aromatic rings. The second kappa shape index (κ2) is 5.20. The largest absolute Gasteiger partial charge is 0.464 e. The van der Waals surface area contributed by atoms with Crippen LogP contribution in [0.15, 0.2) is 12.4 Å². The molecule has 0 spiro atoms. The Morgan fingerprint density at radius 2 is 2.10 bits per heavy atom. The Morgan fingerprint density at radius 3 is 2.80 bits per heavy atom. The molecule has 0 aliphatic carbocycles. The van der Waals surface area contributed by atoms with E-state index in [2.05, 4.69) is 9.97 Å². The number of hydrogen-bond donors (Lipinski definition) is 0. The van der Waals surface area contributed by atoms with Crippen LogP contribution in [0.4, 0.5) is 0 Å². The average Bonchev–Trinajstić information content (AvgIpc) is 2.92. The van der Waals surface area contributed by atoms with Crippen molar-refractivity contribution in [2.24, 2.45) is 0 Å². The lowest BCUT2D eigenvalue weighted by molar-refractivity contribution is 0.0593. The normalized spacial score (nSPS) is 16.5. The van der Waals surface area contributed by atoms with Crippen LogP contribution in [0, 0.1) is 6.92 Å². The first kappa shape index (κ1) is 13.1. The summed E-state index contributed by atoms with van der Waals surface area (Å²) in [5, 5.41) is 0. The van der Waals surface area contributed by atoms with Gasteiger partial charge in [-0.3, -0.25) is 0 Å². The zero-order chi connectivity index (χ0) is 14.1. The lowest BCUT2D eigenvalue weighted by Gasteiger charge is -2.19. The summed E-state index contributed by atoms with van der Waals surface area (Å²) in [6, 6.07) is 0. The van der Waals surface area contributed by atoms with E-state index in [0.717, 1.165) is 43.1 Å². The summed E-state index contributed by atoms with van der Waals surface area (Å²) < 4.78 is 11.9. The third-order valence-corrected chi connectivity index (χ3v) is 3.66. The first-order chi connectivity index (χ1) is 9.69. The number of fused-ring (bicyclic) bond motifs is 1. The Morgan fingerprint density at radius 1 is 1.35 bits per heavy atom. The quantitative estimate of drug-likeness (QED) is 0.781. The van der Waals surface area contributed by atoms with Gasteiger partial charge in [-0.05, 0) is 19.8 Å². The van der Waals surface area contributed by atoms with E-state index in [-0.39, 0.29) is 0 Å². The van der Waals surface area contributed by atoms with E-state index in [0.29, 0.717) is 11.6 Å². The van der Waals surface area contributed by atoms with Crippen LogP contribution < -0.4 is 0 Å². The number of aryl methyl sites for hydroxylation is 1. The van der Waals surface area contributed by atoms with E-state index < -0.39 is 5.97 Å². The lowest BCUT2D eigenvalue weighted by Crippen LogP contribution is -2.14. The van der Waals surface area contributed by atoms with Crippen molar-refractivity contribution < 1.29 is 14.3 Å². The second-order valence-electron chi connectivity index (χ2n) is 4.99. The van der Waals surface area contributed by atoms with Crippen LogP contribution in [-0.4, -0.2) is 40.7 Å². The van der Waals surface area contributed by atoms with Crippen LogP contribution in [-0.2, 0) is 9.47 Å². The first-order valence-electron chi connectivity index (χ1n) is 6.71. The fraction of sp³-hybridized carbons (Fsp3) is 0.500. The predicted octanol–water partition coefficient (Wildman–Crippen LogP) is 1.72. The molecule has 106 valence electrons. The monoisotopic (exact) mass is 275 g/mol. The maximum Gasteiger partial charge on any atom is 0.358 e. The Labute approximate surface area is 116 Å². The number of ether oxygens (including phenoxy) is 2. The summed E-state index contributed by atoms with van der Waals surface area (Å²) in [7, 11) is 1.35. The van der Waals surface area contributed by atoms with Gasteiger partial charge in [0.1, 0.15) is 0 Å². The van der Waals surface area contributed by atoms with Crippen molar-refractivity contribution in [1.29, 1.82) is 0 Å². The molecule has 3 rings (SSSR count). The molecule has 1 aliphatic heterocycles. The highest BCUT2D eigenvalue weighted by atomic mass is 16.5. The number of aromatic nitrogens is 3. The van der Waals surface area contributed by atoms with Gasteiger partial charge in [-0.2, -0.15) is 0 Å². The highest BCUT2D eigenvalue weighted by molar-refractivity contribution is 5.87. The molecular formula is C14H17N3O3. The van der Waals surface area contributed by atoms with Gasteiger partial charge in [0.05, 0.1) is 18.5 Å². The molecule has 0 saturated carbocycles. The fourth-order valence-electron chi connectivity index (χ4n) is 2.56. The molecule has 6 heteroatoms. The van der Waals surface area contributed by atoms with Gasteiger partial charge in [-0.25, -0.2) is 14.8 Å². The highest BCUT2D eigenvalue weighted by Gasteiger charge is 2.20. The first-order valence-corrected chi connectivity index (χ1v) is 6.71. The van der Waals surface area contributed by atoms with E-state index in [1.165, 1.54) is 7.11 Å². The van der Waals surface area contributed by atoms with Crippen LogP contribution in [0.5, 0.6) is 0 Å². The SMILES string of the molecule is COC(=O)c1cn2cc(C3CCOCC3)nc2c(C)n1. The van der Waals surface area contributed by atoms with Gasteiger partial charge in [0.25, 0.3) is 0 Å². The molecule has 0 amide bonds. The minimum Gasteiger partial charge on any atom is -0.464 e. The van der Waals surface area contributed by atoms with Gasteiger partial charge in [-0.1, -0.05) is 0 Å². The van der Waals surface area contributed by atoms with Crippen LogP contribution >= 0.6 is 0 Å². The summed E-state index contributed by atoms with van der Waals surface area (Å²) in [5.41, 5.74) is 2.86. The van der Waals surface area contributed by atoms with Crippen molar-refractivity contribution in [3.63, 3.8) is 0 Å². The molecule has 0 atom stereocenters. The molecule has 0 N–H and O–H groups in total. The molecule has 1 fully saturated rings. The van der Waals surface area contributed by atoms with Crippen molar-refractivity contribution >= 4 is 11.6 Å². The van der Waals surface area contributed by atoms with Gasteiger partial charge in [-0.15, -0.1) is 0 Å². The van der Waals surface area contributed by atoms with Crippen molar-refractivity contribution in [2.45, 2.75) is 25.7 Å². The fourth-order valence-corrected chi connectivity index (χ4v) is 2.56. The zero-order valence-electron chi connectivity index (χ0n) is 11.6. The van der Waals surface area contributed by atoms with Crippen LogP contribution in [0.2, 0.25) is 0 Å². The molecule has 2 aromatic heterocycles. The van der Waals surface area contributed by atoms with Crippen LogP contribution in [0.1, 0.15) is 40.6 Å². The smallest absolute Gasteiger partial charge is 0.358 e. The number of methoxy groups -OCH3 is 1. The molecule has 0 radical (unpaired) electrons. The van der Waals surface area contributed by atoms with Crippen molar-refractivity contribution in [2.75, 3.05) is 20.3 Å².